The topological polar surface area (TPSA) is 64.4 Å². The number of anilines is 1. The van der Waals surface area contributed by atoms with Crippen molar-refractivity contribution in [3.8, 4) is 5.75 Å². The predicted molar refractivity (Wildman–Crippen MR) is 74.8 cm³/mol. The summed E-state index contributed by atoms with van der Waals surface area (Å²) in [5, 5.41) is 14.4. The fourth-order valence-electron chi connectivity index (χ4n) is 2.56. The molecule has 1 aliphatic carbocycles. The van der Waals surface area contributed by atoms with Crippen LogP contribution >= 0.6 is 0 Å². The predicted octanol–water partition coefficient (Wildman–Crippen LogP) is 3.74. The molecule has 0 saturated heterocycles. The summed E-state index contributed by atoms with van der Waals surface area (Å²) in [6, 6.07) is 5.31. The van der Waals surface area contributed by atoms with Crippen LogP contribution in [0.15, 0.2) is 18.2 Å². The van der Waals surface area contributed by atoms with E-state index in [-0.39, 0.29) is 10.6 Å². The third kappa shape index (κ3) is 3.59. The number of nitrogens with zero attached hydrogens (tertiary/aromatic N) is 1. The zero-order valence-corrected chi connectivity index (χ0v) is 11.2. The molecule has 1 N–H and O–H groups in total. The maximum atomic E-state index is 11.1. The lowest BCUT2D eigenvalue weighted by molar-refractivity contribution is -0.384. The van der Waals surface area contributed by atoms with Crippen molar-refractivity contribution in [2.75, 3.05) is 12.4 Å². The SMILES string of the molecule is COc1ccc(NC2CCCCCC2)c([N+](=O)[O-])c1. The van der Waals surface area contributed by atoms with E-state index in [9.17, 15) is 10.1 Å². The largest absolute Gasteiger partial charge is 0.496 e. The van der Waals surface area contributed by atoms with Crippen molar-refractivity contribution < 1.29 is 9.66 Å². The second-order valence-electron chi connectivity index (χ2n) is 4.97. The number of methoxy groups -OCH3 is 1. The van der Waals surface area contributed by atoms with Crippen molar-refractivity contribution in [1.29, 1.82) is 0 Å². The van der Waals surface area contributed by atoms with Gasteiger partial charge in [-0.2, -0.15) is 0 Å². The van der Waals surface area contributed by atoms with Gasteiger partial charge in [0.15, 0.2) is 0 Å². The quantitative estimate of drug-likeness (QED) is 0.511. The third-order valence-corrected chi connectivity index (χ3v) is 3.62. The summed E-state index contributed by atoms with van der Waals surface area (Å²) in [6.07, 6.45) is 7.10. The fraction of sp³-hybridized carbons (Fsp3) is 0.571. The number of hydrogen-bond acceptors (Lipinski definition) is 4. The molecule has 1 aromatic carbocycles. The van der Waals surface area contributed by atoms with Gasteiger partial charge >= 0.3 is 0 Å². The van der Waals surface area contributed by atoms with Gasteiger partial charge in [-0.1, -0.05) is 25.7 Å². The summed E-state index contributed by atoms with van der Waals surface area (Å²) in [6.45, 7) is 0. The van der Waals surface area contributed by atoms with Crippen LogP contribution in [0.25, 0.3) is 0 Å². The Morgan fingerprint density at radius 2 is 1.95 bits per heavy atom. The van der Waals surface area contributed by atoms with Crippen LogP contribution in [0.1, 0.15) is 38.5 Å². The Bertz CT molecular complexity index is 440. The summed E-state index contributed by atoms with van der Waals surface area (Å²) in [7, 11) is 1.51. The molecule has 1 aliphatic rings. The Balaban J connectivity index is 2.16. The first-order valence-corrected chi connectivity index (χ1v) is 6.79. The lowest BCUT2D eigenvalue weighted by atomic mass is 10.1. The first-order chi connectivity index (χ1) is 9.20. The zero-order valence-electron chi connectivity index (χ0n) is 11.2. The summed E-state index contributed by atoms with van der Waals surface area (Å²) < 4.78 is 5.04. The van der Waals surface area contributed by atoms with E-state index in [0.29, 0.717) is 17.5 Å². The normalized spacial score (nSPS) is 16.7. The number of nitrogens with one attached hydrogen (secondary N) is 1. The van der Waals surface area contributed by atoms with Crippen LogP contribution in [-0.2, 0) is 0 Å². The minimum atomic E-state index is -0.360. The van der Waals surface area contributed by atoms with Crippen LogP contribution in [0.3, 0.4) is 0 Å². The molecule has 0 spiro atoms. The molecule has 0 heterocycles. The van der Waals surface area contributed by atoms with E-state index < -0.39 is 0 Å². The Morgan fingerprint density at radius 3 is 2.53 bits per heavy atom. The maximum Gasteiger partial charge on any atom is 0.296 e. The summed E-state index contributed by atoms with van der Waals surface area (Å²) in [5.74, 6) is 0.512. The van der Waals surface area contributed by atoms with Gasteiger partial charge in [0.05, 0.1) is 18.1 Å². The number of hydrogen-bond donors (Lipinski definition) is 1. The first-order valence-electron chi connectivity index (χ1n) is 6.79. The van der Waals surface area contributed by atoms with Gasteiger partial charge in [-0.3, -0.25) is 10.1 Å². The Kier molecular flexibility index (Phi) is 4.60. The second kappa shape index (κ2) is 6.41. The van der Waals surface area contributed by atoms with E-state index >= 15 is 0 Å². The Labute approximate surface area is 113 Å². The smallest absolute Gasteiger partial charge is 0.296 e. The van der Waals surface area contributed by atoms with Crippen molar-refractivity contribution in [3.63, 3.8) is 0 Å². The van der Waals surface area contributed by atoms with Gasteiger partial charge in [0.25, 0.3) is 5.69 Å². The molecule has 0 unspecified atom stereocenters. The number of ether oxygens (including phenoxy) is 1. The molecule has 19 heavy (non-hydrogen) atoms. The molecule has 0 radical (unpaired) electrons. The van der Waals surface area contributed by atoms with Gasteiger partial charge in [0.2, 0.25) is 0 Å². The highest BCUT2D eigenvalue weighted by Gasteiger charge is 2.19. The van der Waals surface area contributed by atoms with Crippen LogP contribution in [0, 0.1) is 10.1 Å². The van der Waals surface area contributed by atoms with Gasteiger partial charge in [0, 0.05) is 6.04 Å². The summed E-state index contributed by atoms with van der Waals surface area (Å²) in [5.41, 5.74) is 0.682. The van der Waals surface area contributed by atoms with E-state index in [1.807, 2.05) is 0 Å². The fourth-order valence-corrected chi connectivity index (χ4v) is 2.56. The van der Waals surface area contributed by atoms with Gasteiger partial charge < -0.3 is 10.1 Å². The van der Waals surface area contributed by atoms with Crippen molar-refractivity contribution in [2.24, 2.45) is 0 Å². The molecule has 104 valence electrons. The number of nitro benzene ring substituents is 1. The first kappa shape index (κ1) is 13.6. The molecule has 5 nitrogen and oxygen atoms in total. The zero-order chi connectivity index (χ0) is 13.7. The van der Waals surface area contributed by atoms with Crippen molar-refractivity contribution >= 4 is 11.4 Å². The lowest BCUT2D eigenvalue weighted by Crippen LogP contribution is -2.19. The van der Waals surface area contributed by atoms with Gasteiger partial charge in [-0.25, -0.2) is 0 Å². The monoisotopic (exact) mass is 264 g/mol. The third-order valence-electron chi connectivity index (χ3n) is 3.62. The molecule has 1 saturated carbocycles. The molecule has 2 rings (SSSR count). The molecule has 0 bridgehead atoms. The van der Waals surface area contributed by atoms with Crippen LogP contribution in [0.5, 0.6) is 5.75 Å². The highest BCUT2D eigenvalue weighted by molar-refractivity contribution is 5.64. The average Bonchev–Trinajstić information content (AvgIpc) is 2.67. The maximum absolute atomic E-state index is 11.1. The molecule has 0 amide bonds. The molecule has 0 aliphatic heterocycles. The number of benzene rings is 1. The summed E-state index contributed by atoms with van der Waals surface area (Å²) >= 11 is 0. The standard InChI is InChI=1S/C14H20N2O3/c1-19-12-8-9-13(14(10-12)16(17)18)15-11-6-4-2-3-5-7-11/h8-11,15H,2-7H2,1H3. The Hall–Kier alpha value is -1.78. The Morgan fingerprint density at radius 1 is 1.26 bits per heavy atom. The molecule has 5 heteroatoms. The van der Waals surface area contributed by atoms with Gasteiger partial charge in [-0.15, -0.1) is 0 Å². The lowest BCUT2D eigenvalue weighted by Gasteiger charge is -2.17. The van der Waals surface area contributed by atoms with Crippen LogP contribution < -0.4 is 10.1 Å². The highest BCUT2D eigenvalue weighted by atomic mass is 16.6. The molecule has 0 aromatic heterocycles. The van der Waals surface area contributed by atoms with Crippen molar-refractivity contribution in [3.05, 3.63) is 28.3 Å². The van der Waals surface area contributed by atoms with Crippen LogP contribution in [-0.4, -0.2) is 18.1 Å². The molecule has 0 atom stereocenters. The van der Waals surface area contributed by atoms with Gasteiger partial charge in [-0.05, 0) is 25.0 Å². The van der Waals surface area contributed by atoms with Crippen molar-refractivity contribution in [2.45, 2.75) is 44.6 Å². The summed E-state index contributed by atoms with van der Waals surface area (Å²) in [4.78, 5) is 10.7. The van der Waals surface area contributed by atoms with E-state index in [4.69, 9.17) is 4.74 Å². The average molecular weight is 264 g/mol. The molecular weight excluding hydrogens is 244 g/mol. The second-order valence-corrected chi connectivity index (χ2v) is 4.97. The van der Waals surface area contributed by atoms with E-state index in [2.05, 4.69) is 5.32 Å². The minimum absolute atomic E-state index is 0.0867. The number of rotatable bonds is 4. The molecule has 1 fully saturated rings. The van der Waals surface area contributed by atoms with E-state index in [1.54, 1.807) is 12.1 Å². The minimum Gasteiger partial charge on any atom is -0.496 e. The van der Waals surface area contributed by atoms with E-state index in [1.165, 1.54) is 38.9 Å². The molecular formula is C14H20N2O3. The van der Waals surface area contributed by atoms with Gasteiger partial charge in [0.1, 0.15) is 11.4 Å². The van der Waals surface area contributed by atoms with E-state index in [0.717, 1.165) is 12.8 Å². The number of nitro groups is 1. The van der Waals surface area contributed by atoms with Crippen LogP contribution in [0.2, 0.25) is 0 Å². The van der Waals surface area contributed by atoms with Crippen molar-refractivity contribution in [1.82, 2.24) is 0 Å². The molecule has 1 aromatic rings. The van der Waals surface area contributed by atoms with Crippen LogP contribution in [0.4, 0.5) is 11.4 Å². The highest BCUT2D eigenvalue weighted by Crippen LogP contribution is 2.31.